The lowest BCUT2D eigenvalue weighted by Gasteiger charge is -1.87. The van der Waals surface area contributed by atoms with E-state index < -0.39 is 11.6 Å². The van der Waals surface area contributed by atoms with E-state index in [0.29, 0.717) is 11.3 Å². The van der Waals surface area contributed by atoms with Gasteiger partial charge in [0, 0.05) is 0 Å². The van der Waals surface area contributed by atoms with Crippen LogP contribution in [-0.4, -0.2) is 0 Å². The molecule has 0 nitrogen and oxygen atoms in total. The molecule has 0 unspecified atom stereocenters. The maximum atomic E-state index is 12.3. The number of hydrogen-bond donors (Lipinski definition) is 0. The van der Waals surface area contributed by atoms with E-state index in [1.54, 1.807) is 0 Å². The van der Waals surface area contributed by atoms with Gasteiger partial charge in [-0.15, -0.1) is 11.3 Å². The van der Waals surface area contributed by atoms with Gasteiger partial charge in [-0.2, -0.15) is 4.39 Å². The molecule has 0 aliphatic rings. The van der Waals surface area contributed by atoms with E-state index in [9.17, 15) is 13.2 Å². The minimum atomic E-state index is -2.58. The van der Waals surface area contributed by atoms with Gasteiger partial charge in [-0.1, -0.05) is 0 Å². The van der Waals surface area contributed by atoms with Crippen molar-refractivity contribution in [2.45, 2.75) is 6.43 Å². The summed E-state index contributed by atoms with van der Waals surface area (Å²) < 4.78 is 36.0. The molecule has 0 saturated heterocycles. The van der Waals surface area contributed by atoms with Crippen LogP contribution in [0.4, 0.5) is 13.2 Å². The van der Waals surface area contributed by atoms with Gasteiger partial charge in [0.1, 0.15) is 0 Å². The highest BCUT2D eigenvalue weighted by atomic mass is 79.9. The maximum absolute atomic E-state index is 12.3. The quantitative estimate of drug-likeness (QED) is 0.692. The molecule has 0 fully saturated rings. The number of rotatable bonds is 1. The van der Waals surface area contributed by atoms with Gasteiger partial charge in [0.15, 0.2) is 5.13 Å². The van der Waals surface area contributed by atoms with Crippen LogP contribution in [0.5, 0.6) is 0 Å². The van der Waals surface area contributed by atoms with Crippen LogP contribution in [0, 0.1) is 5.13 Å². The molecule has 0 saturated carbocycles. The summed E-state index contributed by atoms with van der Waals surface area (Å²) in [5.74, 6) is 0. The number of hydrogen-bond acceptors (Lipinski definition) is 1. The van der Waals surface area contributed by atoms with Gasteiger partial charge in [-0.25, -0.2) is 8.78 Å². The summed E-state index contributed by atoms with van der Waals surface area (Å²) >= 11 is 3.25. The van der Waals surface area contributed by atoms with Crippen molar-refractivity contribution in [2.24, 2.45) is 0 Å². The Morgan fingerprint density at radius 2 is 2.10 bits per heavy atom. The first-order chi connectivity index (χ1) is 4.61. The van der Waals surface area contributed by atoms with Gasteiger partial charge in [-0.3, -0.25) is 0 Å². The lowest BCUT2D eigenvalue weighted by molar-refractivity contribution is 0.155. The lowest BCUT2D eigenvalue weighted by atomic mass is 10.5. The molecule has 1 rings (SSSR count). The zero-order valence-corrected chi connectivity index (χ0v) is 6.98. The SMILES string of the molecule is Fc1sc(C(F)F)cc1Br. The monoisotopic (exact) mass is 230 g/mol. The van der Waals surface area contributed by atoms with Crippen LogP contribution in [0.15, 0.2) is 10.5 Å². The standard InChI is InChI=1S/C5H2BrF3S/c6-2-1-3(4(7)8)10-5(2)9/h1,4H. The molecule has 56 valence electrons. The molecule has 0 N–H and O–H groups in total. The Hall–Kier alpha value is -0.0300. The smallest absolute Gasteiger partial charge is 0.204 e. The van der Waals surface area contributed by atoms with Crippen LogP contribution in [0.1, 0.15) is 11.3 Å². The van der Waals surface area contributed by atoms with Gasteiger partial charge in [0.05, 0.1) is 9.35 Å². The second-order valence-electron chi connectivity index (χ2n) is 1.57. The maximum Gasteiger partial charge on any atom is 0.272 e. The molecule has 10 heavy (non-hydrogen) atoms. The fourth-order valence-electron chi connectivity index (χ4n) is 0.471. The molecule has 0 spiro atoms. The minimum absolute atomic E-state index is 0.104. The second kappa shape index (κ2) is 2.92. The second-order valence-corrected chi connectivity index (χ2v) is 3.46. The van der Waals surface area contributed by atoms with E-state index in [2.05, 4.69) is 15.9 Å². The zero-order valence-electron chi connectivity index (χ0n) is 4.57. The summed E-state index contributed by atoms with van der Waals surface area (Å²) in [6.45, 7) is 0. The van der Waals surface area contributed by atoms with Crippen LogP contribution in [-0.2, 0) is 0 Å². The molecular weight excluding hydrogens is 229 g/mol. The lowest BCUT2D eigenvalue weighted by Crippen LogP contribution is -1.72. The highest BCUT2D eigenvalue weighted by Gasteiger charge is 2.13. The summed E-state index contributed by atoms with van der Waals surface area (Å²) in [7, 11) is 0. The van der Waals surface area contributed by atoms with Crippen molar-refractivity contribution < 1.29 is 13.2 Å². The highest BCUT2D eigenvalue weighted by Crippen LogP contribution is 2.31. The van der Waals surface area contributed by atoms with Gasteiger partial charge in [0.25, 0.3) is 6.43 Å². The molecule has 1 heterocycles. The normalized spacial score (nSPS) is 10.9. The molecule has 0 atom stereocenters. The Labute approximate surface area is 67.8 Å². The predicted octanol–water partition coefficient (Wildman–Crippen LogP) is 3.59. The molecule has 0 aliphatic carbocycles. The molecular formula is C5H2BrF3S. The number of alkyl halides is 2. The van der Waals surface area contributed by atoms with Gasteiger partial charge >= 0.3 is 0 Å². The summed E-state index contributed by atoms with van der Waals surface area (Å²) in [4.78, 5) is -0.246. The fraction of sp³-hybridized carbons (Fsp3) is 0.200. The van der Waals surface area contributed by atoms with E-state index in [1.165, 1.54) is 0 Å². The first kappa shape index (κ1) is 8.07. The summed E-state index contributed by atoms with van der Waals surface area (Å²) in [6.07, 6.45) is -2.58. The Balaban J connectivity index is 2.98. The third-order valence-electron chi connectivity index (χ3n) is 0.879. The van der Waals surface area contributed by atoms with Crippen molar-refractivity contribution in [1.82, 2.24) is 0 Å². The van der Waals surface area contributed by atoms with E-state index in [-0.39, 0.29) is 9.35 Å². The highest BCUT2D eigenvalue weighted by molar-refractivity contribution is 9.10. The Morgan fingerprint density at radius 3 is 2.30 bits per heavy atom. The van der Waals surface area contributed by atoms with Crippen molar-refractivity contribution in [3.8, 4) is 0 Å². The number of halogens is 4. The predicted molar refractivity (Wildman–Crippen MR) is 36.9 cm³/mol. The first-order valence-corrected chi connectivity index (χ1v) is 3.95. The first-order valence-electron chi connectivity index (χ1n) is 2.34. The zero-order chi connectivity index (χ0) is 7.72. The fourth-order valence-corrected chi connectivity index (χ4v) is 1.74. The van der Waals surface area contributed by atoms with Crippen LogP contribution >= 0.6 is 27.3 Å². The average molecular weight is 231 g/mol. The molecule has 0 bridgehead atoms. The van der Waals surface area contributed by atoms with Crippen molar-refractivity contribution in [1.29, 1.82) is 0 Å². The average Bonchev–Trinajstić information content (AvgIpc) is 2.13. The molecule has 1 aromatic rings. The van der Waals surface area contributed by atoms with E-state index in [1.807, 2.05) is 0 Å². The number of thiophene rings is 1. The summed E-state index contributed by atoms with van der Waals surface area (Å²) in [6, 6.07) is 1.09. The minimum Gasteiger partial charge on any atom is -0.204 e. The van der Waals surface area contributed by atoms with E-state index in [0.717, 1.165) is 6.07 Å². The van der Waals surface area contributed by atoms with Crippen LogP contribution in [0.25, 0.3) is 0 Å². The van der Waals surface area contributed by atoms with Crippen LogP contribution in [0.3, 0.4) is 0 Å². The van der Waals surface area contributed by atoms with Crippen LogP contribution in [0.2, 0.25) is 0 Å². The molecule has 0 aliphatic heterocycles. The molecule has 5 heteroatoms. The van der Waals surface area contributed by atoms with E-state index in [4.69, 9.17) is 0 Å². The Morgan fingerprint density at radius 1 is 1.50 bits per heavy atom. The summed E-state index contributed by atoms with van der Waals surface area (Å²) in [5.41, 5.74) is 0. The van der Waals surface area contributed by atoms with Crippen LogP contribution < -0.4 is 0 Å². The van der Waals surface area contributed by atoms with Gasteiger partial charge < -0.3 is 0 Å². The van der Waals surface area contributed by atoms with Crippen molar-refractivity contribution >= 4 is 27.3 Å². The van der Waals surface area contributed by atoms with Crippen molar-refractivity contribution in [3.63, 3.8) is 0 Å². The van der Waals surface area contributed by atoms with Crippen molar-refractivity contribution in [3.05, 3.63) is 20.5 Å². The molecule has 0 aromatic carbocycles. The topological polar surface area (TPSA) is 0 Å². The summed E-state index contributed by atoms with van der Waals surface area (Å²) in [5, 5.41) is -0.602. The molecule has 0 amide bonds. The largest absolute Gasteiger partial charge is 0.272 e. The third-order valence-corrected chi connectivity index (χ3v) is 2.65. The Bertz CT molecular complexity index is 213. The molecule has 1 aromatic heterocycles. The van der Waals surface area contributed by atoms with Gasteiger partial charge in [0.2, 0.25) is 0 Å². The Kier molecular flexibility index (Phi) is 2.36. The third kappa shape index (κ3) is 1.52. The van der Waals surface area contributed by atoms with Crippen molar-refractivity contribution in [2.75, 3.05) is 0 Å². The van der Waals surface area contributed by atoms with Gasteiger partial charge in [-0.05, 0) is 22.0 Å². The molecule has 0 radical (unpaired) electrons. The van der Waals surface area contributed by atoms with E-state index >= 15 is 0 Å².